The summed E-state index contributed by atoms with van der Waals surface area (Å²) in [6, 6.07) is 6.07. The van der Waals surface area contributed by atoms with Crippen molar-refractivity contribution in [1.29, 1.82) is 0 Å². The number of benzene rings is 1. The van der Waals surface area contributed by atoms with Gasteiger partial charge in [-0.25, -0.2) is 0 Å². The van der Waals surface area contributed by atoms with Crippen LogP contribution in [0.3, 0.4) is 0 Å². The van der Waals surface area contributed by atoms with Gasteiger partial charge in [0.15, 0.2) is 0 Å². The van der Waals surface area contributed by atoms with Gasteiger partial charge < -0.3 is 10.5 Å². The maximum Gasteiger partial charge on any atom is 0.124 e. The Labute approximate surface area is 107 Å². The zero-order chi connectivity index (χ0) is 13.1. The Balaban J connectivity index is 2.15. The summed E-state index contributed by atoms with van der Waals surface area (Å²) in [5.74, 6) is 0.855. The smallest absolute Gasteiger partial charge is 0.124 e. The Morgan fingerprint density at radius 1 is 1.44 bits per heavy atom. The topological polar surface area (TPSA) is 53.1 Å². The molecule has 1 heterocycles. The van der Waals surface area contributed by atoms with Gasteiger partial charge in [-0.3, -0.25) is 4.68 Å². The zero-order valence-corrected chi connectivity index (χ0v) is 11.1. The van der Waals surface area contributed by atoms with E-state index in [1.165, 1.54) is 5.56 Å². The molecule has 0 fully saturated rings. The van der Waals surface area contributed by atoms with Crippen LogP contribution in [-0.2, 0) is 13.7 Å². The Bertz CT molecular complexity index is 532. The highest BCUT2D eigenvalue weighted by Crippen LogP contribution is 2.25. The number of hydrogen-bond acceptors (Lipinski definition) is 3. The summed E-state index contributed by atoms with van der Waals surface area (Å²) < 4.78 is 7.61. The number of hydrogen-bond donors (Lipinski definition) is 1. The Hall–Kier alpha value is -1.81. The van der Waals surface area contributed by atoms with Crippen LogP contribution in [-0.4, -0.2) is 9.78 Å². The third-order valence-electron chi connectivity index (χ3n) is 2.81. The molecule has 96 valence electrons. The quantitative estimate of drug-likeness (QED) is 0.899. The summed E-state index contributed by atoms with van der Waals surface area (Å²) in [6.07, 6.45) is 3.75. The summed E-state index contributed by atoms with van der Waals surface area (Å²) in [7, 11) is 1.89. The SMILES string of the molecule is Cc1ccc([C@H](C)N)c(OCc2cnn(C)c2)c1. The molecule has 2 N–H and O–H groups in total. The van der Waals surface area contributed by atoms with E-state index in [-0.39, 0.29) is 6.04 Å². The Kier molecular flexibility index (Phi) is 3.67. The fourth-order valence-electron chi connectivity index (χ4n) is 1.85. The van der Waals surface area contributed by atoms with Crippen LogP contribution in [0.4, 0.5) is 0 Å². The molecule has 4 heteroatoms. The van der Waals surface area contributed by atoms with E-state index in [4.69, 9.17) is 10.5 Å². The van der Waals surface area contributed by atoms with Crippen molar-refractivity contribution in [2.24, 2.45) is 12.8 Å². The van der Waals surface area contributed by atoms with Crippen LogP contribution in [0, 0.1) is 6.92 Å². The van der Waals surface area contributed by atoms with E-state index in [2.05, 4.69) is 11.2 Å². The van der Waals surface area contributed by atoms with Gasteiger partial charge in [-0.05, 0) is 25.5 Å². The molecule has 0 aliphatic heterocycles. The van der Waals surface area contributed by atoms with E-state index in [9.17, 15) is 0 Å². The molecule has 0 unspecified atom stereocenters. The molecule has 0 aliphatic rings. The van der Waals surface area contributed by atoms with Crippen LogP contribution in [0.2, 0.25) is 0 Å². The van der Waals surface area contributed by atoms with Crippen LogP contribution in [0.25, 0.3) is 0 Å². The van der Waals surface area contributed by atoms with E-state index in [0.717, 1.165) is 16.9 Å². The summed E-state index contributed by atoms with van der Waals surface area (Å²) in [5.41, 5.74) is 9.19. The highest BCUT2D eigenvalue weighted by Gasteiger charge is 2.09. The molecule has 0 bridgehead atoms. The van der Waals surface area contributed by atoms with Gasteiger partial charge in [0, 0.05) is 30.4 Å². The number of rotatable bonds is 4. The number of ether oxygens (including phenoxy) is 1. The monoisotopic (exact) mass is 245 g/mol. The molecule has 0 saturated carbocycles. The summed E-state index contributed by atoms with van der Waals surface area (Å²) >= 11 is 0. The van der Waals surface area contributed by atoms with Crippen molar-refractivity contribution in [1.82, 2.24) is 9.78 Å². The van der Waals surface area contributed by atoms with Crippen LogP contribution >= 0.6 is 0 Å². The van der Waals surface area contributed by atoms with Gasteiger partial charge in [-0.15, -0.1) is 0 Å². The fraction of sp³-hybridized carbons (Fsp3) is 0.357. The second-order valence-corrected chi connectivity index (χ2v) is 4.64. The number of nitrogens with zero attached hydrogens (tertiary/aromatic N) is 2. The summed E-state index contributed by atoms with van der Waals surface area (Å²) in [6.45, 7) is 4.51. The maximum absolute atomic E-state index is 5.94. The first-order valence-corrected chi connectivity index (χ1v) is 6.02. The van der Waals surface area contributed by atoms with E-state index in [0.29, 0.717) is 6.61 Å². The minimum Gasteiger partial charge on any atom is -0.488 e. The average molecular weight is 245 g/mol. The third-order valence-corrected chi connectivity index (χ3v) is 2.81. The summed E-state index contributed by atoms with van der Waals surface area (Å²) in [5, 5.41) is 4.12. The normalized spacial score (nSPS) is 12.4. The van der Waals surface area contributed by atoms with E-state index < -0.39 is 0 Å². The lowest BCUT2D eigenvalue weighted by Crippen LogP contribution is -2.08. The molecule has 1 atom stereocenters. The Morgan fingerprint density at radius 2 is 2.22 bits per heavy atom. The minimum atomic E-state index is -0.0329. The second kappa shape index (κ2) is 5.23. The minimum absolute atomic E-state index is 0.0329. The molecule has 0 radical (unpaired) electrons. The maximum atomic E-state index is 5.94. The molecule has 18 heavy (non-hydrogen) atoms. The molecule has 1 aromatic carbocycles. The van der Waals surface area contributed by atoms with Gasteiger partial charge in [-0.2, -0.15) is 5.10 Å². The van der Waals surface area contributed by atoms with Crippen molar-refractivity contribution in [2.45, 2.75) is 26.5 Å². The second-order valence-electron chi connectivity index (χ2n) is 4.64. The zero-order valence-electron chi connectivity index (χ0n) is 11.1. The average Bonchev–Trinajstić information content (AvgIpc) is 2.72. The van der Waals surface area contributed by atoms with Crippen molar-refractivity contribution in [2.75, 3.05) is 0 Å². The van der Waals surface area contributed by atoms with Crippen molar-refractivity contribution in [3.05, 3.63) is 47.3 Å². The molecule has 4 nitrogen and oxygen atoms in total. The molecule has 0 amide bonds. The van der Waals surface area contributed by atoms with Gasteiger partial charge in [0.2, 0.25) is 0 Å². The number of aromatic nitrogens is 2. The molecular weight excluding hydrogens is 226 g/mol. The number of nitrogens with two attached hydrogens (primary N) is 1. The van der Waals surface area contributed by atoms with E-state index >= 15 is 0 Å². The predicted molar refractivity (Wildman–Crippen MR) is 71.3 cm³/mol. The molecule has 2 rings (SSSR count). The largest absolute Gasteiger partial charge is 0.488 e. The first-order chi connectivity index (χ1) is 8.56. The highest BCUT2D eigenvalue weighted by atomic mass is 16.5. The van der Waals surface area contributed by atoms with Gasteiger partial charge in [0.25, 0.3) is 0 Å². The first kappa shape index (κ1) is 12.6. The predicted octanol–water partition coefficient (Wildman–Crippen LogP) is 2.33. The molecule has 0 spiro atoms. The Morgan fingerprint density at radius 3 is 2.83 bits per heavy atom. The van der Waals surface area contributed by atoms with Gasteiger partial charge in [-0.1, -0.05) is 12.1 Å². The summed E-state index contributed by atoms with van der Waals surface area (Å²) in [4.78, 5) is 0. The van der Waals surface area contributed by atoms with Crippen LogP contribution in [0.1, 0.15) is 29.7 Å². The third kappa shape index (κ3) is 2.90. The molecular formula is C14H19N3O. The van der Waals surface area contributed by atoms with Crippen molar-refractivity contribution in [3.8, 4) is 5.75 Å². The fourth-order valence-corrected chi connectivity index (χ4v) is 1.85. The van der Waals surface area contributed by atoms with Crippen LogP contribution in [0.15, 0.2) is 30.6 Å². The van der Waals surface area contributed by atoms with Crippen molar-refractivity contribution < 1.29 is 4.74 Å². The van der Waals surface area contributed by atoms with E-state index in [1.54, 1.807) is 10.9 Å². The van der Waals surface area contributed by atoms with Gasteiger partial charge in [0.1, 0.15) is 12.4 Å². The lowest BCUT2D eigenvalue weighted by molar-refractivity contribution is 0.301. The standard InChI is InChI=1S/C14H19N3O/c1-10-4-5-13(11(2)15)14(6-10)18-9-12-7-16-17(3)8-12/h4-8,11H,9,15H2,1-3H3/t11-/m0/s1. The van der Waals surface area contributed by atoms with Gasteiger partial charge in [0.05, 0.1) is 6.20 Å². The molecule has 0 aliphatic carbocycles. The molecule has 2 aromatic rings. The van der Waals surface area contributed by atoms with E-state index in [1.807, 2.05) is 39.2 Å². The number of aryl methyl sites for hydroxylation is 2. The molecule has 0 saturated heterocycles. The van der Waals surface area contributed by atoms with Crippen LogP contribution in [0.5, 0.6) is 5.75 Å². The lowest BCUT2D eigenvalue weighted by atomic mass is 10.1. The molecule has 1 aromatic heterocycles. The van der Waals surface area contributed by atoms with Gasteiger partial charge >= 0.3 is 0 Å². The van der Waals surface area contributed by atoms with Crippen molar-refractivity contribution in [3.63, 3.8) is 0 Å². The van der Waals surface area contributed by atoms with Crippen molar-refractivity contribution >= 4 is 0 Å². The highest BCUT2D eigenvalue weighted by molar-refractivity contribution is 5.39. The van der Waals surface area contributed by atoms with Crippen LogP contribution < -0.4 is 10.5 Å². The first-order valence-electron chi connectivity index (χ1n) is 6.02. The lowest BCUT2D eigenvalue weighted by Gasteiger charge is -2.14.